The zero-order valence-corrected chi connectivity index (χ0v) is 11.1. The van der Waals surface area contributed by atoms with Crippen molar-refractivity contribution in [2.75, 3.05) is 6.61 Å². The van der Waals surface area contributed by atoms with Crippen LogP contribution in [0.2, 0.25) is 0 Å². The van der Waals surface area contributed by atoms with Crippen LogP contribution in [0.4, 0.5) is 0 Å². The van der Waals surface area contributed by atoms with E-state index in [9.17, 15) is 14.4 Å². The zero-order valence-electron chi connectivity index (χ0n) is 11.1. The first kappa shape index (κ1) is 14.0. The molecule has 1 atom stereocenters. The van der Waals surface area contributed by atoms with E-state index in [-0.39, 0.29) is 24.8 Å². The summed E-state index contributed by atoms with van der Waals surface area (Å²) in [6, 6.07) is 6.64. The van der Waals surface area contributed by atoms with Crippen molar-refractivity contribution in [2.45, 2.75) is 25.8 Å². The summed E-state index contributed by atoms with van der Waals surface area (Å²) >= 11 is 0. The van der Waals surface area contributed by atoms with Crippen LogP contribution in [0, 0.1) is 6.92 Å². The van der Waals surface area contributed by atoms with Gasteiger partial charge in [-0.15, -0.1) is 0 Å². The number of hydrogen-bond donors (Lipinski definition) is 2. The molecular formula is C14H16N2O4. The number of carbonyl (C=O) groups is 3. The predicted molar refractivity (Wildman–Crippen MR) is 71.0 cm³/mol. The minimum Gasteiger partial charge on any atom is -0.484 e. The third kappa shape index (κ3) is 3.81. The molecule has 0 bridgehead atoms. The summed E-state index contributed by atoms with van der Waals surface area (Å²) in [5.74, 6) is -0.574. The Kier molecular flexibility index (Phi) is 4.34. The van der Waals surface area contributed by atoms with Crippen molar-refractivity contribution in [1.82, 2.24) is 10.6 Å². The molecule has 1 aromatic rings. The van der Waals surface area contributed by atoms with E-state index in [1.165, 1.54) is 0 Å². The van der Waals surface area contributed by atoms with Crippen LogP contribution in [-0.4, -0.2) is 30.4 Å². The van der Waals surface area contributed by atoms with Crippen LogP contribution < -0.4 is 15.4 Å². The maximum atomic E-state index is 11.7. The summed E-state index contributed by atoms with van der Waals surface area (Å²) in [6.45, 7) is 1.79. The zero-order chi connectivity index (χ0) is 14.5. The first-order chi connectivity index (χ1) is 9.54. The fourth-order valence-corrected chi connectivity index (χ4v) is 1.85. The fraction of sp³-hybridized carbons (Fsp3) is 0.357. The highest BCUT2D eigenvalue weighted by molar-refractivity contribution is 6.01. The summed E-state index contributed by atoms with van der Waals surface area (Å²) in [6.07, 6.45) is 0.552. The molecule has 1 unspecified atom stereocenters. The largest absolute Gasteiger partial charge is 0.484 e. The van der Waals surface area contributed by atoms with Crippen molar-refractivity contribution in [3.8, 4) is 5.75 Å². The smallest absolute Gasteiger partial charge is 0.258 e. The minimum absolute atomic E-state index is 0.166. The fourth-order valence-electron chi connectivity index (χ4n) is 1.85. The van der Waals surface area contributed by atoms with Gasteiger partial charge in [0.25, 0.3) is 5.91 Å². The molecule has 1 heterocycles. The van der Waals surface area contributed by atoms with Crippen LogP contribution in [-0.2, 0) is 14.4 Å². The SMILES string of the molecule is Cc1ccc(OCC(=O)NC2CCC(=O)NC2=O)cc1. The molecule has 0 aliphatic carbocycles. The molecule has 0 aromatic heterocycles. The van der Waals surface area contributed by atoms with E-state index in [1.54, 1.807) is 12.1 Å². The van der Waals surface area contributed by atoms with Crippen LogP contribution in [0.3, 0.4) is 0 Å². The highest BCUT2D eigenvalue weighted by Gasteiger charge is 2.27. The first-order valence-electron chi connectivity index (χ1n) is 6.37. The van der Waals surface area contributed by atoms with Gasteiger partial charge >= 0.3 is 0 Å². The molecule has 1 aliphatic heterocycles. The van der Waals surface area contributed by atoms with E-state index >= 15 is 0 Å². The van der Waals surface area contributed by atoms with Crippen LogP contribution in [0.15, 0.2) is 24.3 Å². The van der Waals surface area contributed by atoms with Crippen LogP contribution >= 0.6 is 0 Å². The van der Waals surface area contributed by atoms with Gasteiger partial charge in [0, 0.05) is 6.42 Å². The third-order valence-electron chi connectivity index (χ3n) is 2.97. The number of hydrogen-bond acceptors (Lipinski definition) is 4. The van der Waals surface area contributed by atoms with Gasteiger partial charge in [-0.2, -0.15) is 0 Å². The maximum Gasteiger partial charge on any atom is 0.258 e. The number of aryl methyl sites for hydroxylation is 1. The summed E-state index contributed by atoms with van der Waals surface area (Å²) in [5.41, 5.74) is 1.10. The van der Waals surface area contributed by atoms with Gasteiger partial charge in [-0.25, -0.2) is 0 Å². The minimum atomic E-state index is -0.665. The normalized spacial score (nSPS) is 18.4. The van der Waals surface area contributed by atoms with Gasteiger partial charge in [-0.1, -0.05) is 17.7 Å². The Morgan fingerprint density at radius 2 is 2.05 bits per heavy atom. The quantitative estimate of drug-likeness (QED) is 0.774. The highest BCUT2D eigenvalue weighted by atomic mass is 16.5. The van der Waals surface area contributed by atoms with Gasteiger partial charge in [0.2, 0.25) is 11.8 Å². The molecule has 1 aromatic carbocycles. The van der Waals surface area contributed by atoms with Crippen molar-refractivity contribution in [3.05, 3.63) is 29.8 Å². The van der Waals surface area contributed by atoms with Gasteiger partial charge in [0.05, 0.1) is 0 Å². The van der Waals surface area contributed by atoms with E-state index in [1.807, 2.05) is 19.1 Å². The summed E-state index contributed by atoms with van der Waals surface area (Å²) in [5, 5.41) is 4.72. The van der Waals surface area contributed by atoms with Crippen molar-refractivity contribution in [3.63, 3.8) is 0 Å². The number of piperidine rings is 1. The Hall–Kier alpha value is -2.37. The van der Waals surface area contributed by atoms with Crippen molar-refractivity contribution >= 4 is 17.7 Å². The lowest BCUT2D eigenvalue weighted by molar-refractivity contribution is -0.137. The second-order valence-electron chi connectivity index (χ2n) is 4.67. The van der Waals surface area contributed by atoms with Crippen molar-refractivity contribution in [1.29, 1.82) is 0 Å². The monoisotopic (exact) mass is 276 g/mol. The average Bonchev–Trinajstić information content (AvgIpc) is 2.41. The number of carbonyl (C=O) groups excluding carboxylic acids is 3. The standard InChI is InChI=1S/C14H16N2O4/c1-9-2-4-10(5-3-9)20-8-13(18)15-11-6-7-12(17)16-14(11)19/h2-5,11H,6-8H2,1H3,(H,15,18)(H,16,17,19). The molecule has 0 saturated carbocycles. The molecule has 1 saturated heterocycles. The van der Waals surface area contributed by atoms with E-state index < -0.39 is 11.9 Å². The second kappa shape index (κ2) is 6.18. The average molecular weight is 276 g/mol. The molecule has 2 rings (SSSR count). The molecular weight excluding hydrogens is 260 g/mol. The predicted octanol–water partition coefficient (Wildman–Crippen LogP) is 0.295. The third-order valence-corrected chi connectivity index (χ3v) is 2.97. The molecule has 6 nitrogen and oxygen atoms in total. The van der Waals surface area contributed by atoms with E-state index in [2.05, 4.69) is 10.6 Å². The molecule has 6 heteroatoms. The lowest BCUT2D eigenvalue weighted by Gasteiger charge is -2.21. The van der Waals surface area contributed by atoms with Gasteiger partial charge in [0.15, 0.2) is 6.61 Å². The highest BCUT2D eigenvalue weighted by Crippen LogP contribution is 2.11. The van der Waals surface area contributed by atoms with Crippen molar-refractivity contribution < 1.29 is 19.1 Å². The number of ether oxygens (including phenoxy) is 1. The van der Waals surface area contributed by atoms with E-state index in [0.717, 1.165) is 5.56 Å². The molecule has 2 N–H and O–H groups in total. The molecule has 1 fully saturated rings. The molecule has 0 radical (unpaired) electrons. The Morgan fingerprint density at radius 3 is 2.70 bits per heavy atom. The van der Waals surface area contributed by atoms with Crippen LogP contribution in [0.1, 0.15) is 18.4 Å². The molecule has 0 spiro atoms. The number of rotatable bonds is 4. The molecule has 106 valence electrons. The van der Waals surface area contributed by atoms with Crippen LogP contribution in [0.5, 0.6) is 5.75 Å². The summed E-state index contributed by atoms with van der Waals surface area (Å²) in [7, 11) is 0. The van der Waals surface area contributed by atoms with E-state index in [4.69, 9.17) is 4.74 Å². The number of nitrogens with one attached hydrogen (secondary N) is 2. The Balaban J connectivity index is 1.79. The lowest BCUT2D eigenvalue weighted by atomic mass is 10.1. The van der Waals surface area contributed by atoms with E-state index in [0.29, 0.717) is 12.2 Å². The second-order valence-corrected chi connectivity index (χ2v) is 4.67. The van der Waals surface area contributed by atoms with Gasteiger partial charge in [-0.05, 0) is 25.5 Å². The lowest BCUT2D eigenvalue weighted by Crippen LogP contribution is -2.53. The molecule has 20 heavy (non-hydrogen) atoms. The number of imide groups is 1. The maximum absolute atomic E-state index is 11.7. The van der Waals surface area contributed by atoms with Gasteiger partial charge in [0.1, 0.15) is 11.8 Å². The van der Waals surface area contributed by atoms with Gasteiger partial charge < -0.3 is 10.1 Å². The van der Waals surface area contributed by atoms with Crippen molar-refractivity contribution in [2.24, 2.45) is 0 Å². The number of benzene rings is 1. The first-order valence-corrected chi connectivity index (χ1v) is 6.37. The topological polar surface area (TPSA) is 84.5 Å². The summed E-state index contributed by atoms with van der Waals surface area (Å²) < 4.78 is 5.31. The summed E-state index contributed by atoms with van der Waals surface area (Å²) in [4.78, 5) is 34.1. The molecule has 1 aliphatic rings. The van der Waals surface area contributed by atoms with Gasteiger partial charge in [-0.3, -0.25) is 19.7 Å². The van der Waals surface area contributed by atoms with Crippen LogP contribution in [0.25, 0.3) is 0 Å². The Bertz CT molecular complexity index is 524. The Morgan fingerprint density at radius 1 is 1.35 bits per heavy atom. The Labute approximate surface area is 116 Å². The number of amides is 3. The molecule has 3 amide bonds.